The molecule has 1 aliphatic rings. The number of nitrogens with zero attached hydrogens (tertiary/aromatic N) is 3. The molecule has 1 atom stereocenters. The van der Waals surface area contributed by atoms with Crippen molar-refractivity contribution in [2.75, 3.05) is 26.2 Å². The molecule has 1 fully saturated rings. The third-order valence-electron chi connectivity index (χ3n) is 4.64. The number of nitro groups is 1. The van der Waals surface area contributed by atoms with Crippen molar-refractivity contribution >= 4 is 11.6 Å². The average Bonchev–Trinajstić information content (AvgIpc) is 2.69. The fourth-order valence-corrected chi connectivity index (χ4v) is 3.13. The van der Waals surface area contributed by atoms with Gasteiger partial charge in [0.25, 0.3) is 11.6 Å². The number of hydrogen-bond donors (Lipinski definition) is 0. The molecule has 1 aliphatic heterocycles. The molecule has 1 saturated heterocycles. The molecule has 7 nitrogen and oxygen atoms in total. The Morgan fingerprint density at radius 1 is 1.07 bits per heavy atom. The SMILES string of the molecule is CC(Oc1ccc([N+](=O)[O-])cc1)C(=O)N1CCN(Cc2ccccc2)CC1. The summed E-state index contributed by atoms with van der Waals surface area (Å²) in [5.41, 5.74) is 1.27. The summed E-state index contributed by atoms with van der Waals surface area (Å²) < 4.78 is 5.66. The van der Waals surface area contributed by atoms with Gasteiger partial charge in [-0.05, 0) is 24.6 Å². The van der Waals surface area contributed by atoms with Crippen molar-refractivity contribution in [3.8, 4) is 5.75 Å². The maximum absolute atomic E-state index is 12.6. The van der Waals surface area contributed by atoms with E-state index >= 15 is 0 Å². The first-order valence-corrected chi connectivity index (χ1v) is 8.99. The van der Waals surface area contributed by atoms with E-state index in [4.69, 9.17) is 4.74 Å². The van der Waals surface area contributed by atoms with Gasteiger partial charge >= 0.3 is 0 Å². The number of hydrogen-bond acceptors (Lipinski definition) is 5. The standard InChI is InChI=1S/C20H23N3O4/c1-16(27-19-9-7-18(8-10-19)23(25)26)20(24)22-13-11-21(12-14-22)15-17-5-3-2-4-6-17/h2-10,16H,11-15H2,1H3. The molecule has 0 aliphatic carbocycles. The van der Waals surface area contributed by atoms with Gasteiger partial charge in [0.05, 0.1) is 4.92 Å². The number of carbonyl (C=O) groups excluding carboxylic acids is 1. The summed E-state index contributed by atoms with van der Waals surface area (Å²) in [6, 6.07) is 16.1. The molecule has 7 heteroatoms. The summed E-state index contributed by atoms with van der Waals surface area (Å²) >= 11 is 0. The van der Waals surface area contributed by atoms with Gasteiger partial charge in [-0.2, -0.15) is 0 Å². The molecule has 2 aromatic rings. The fraction of sp³-hybridized carbons (Fsp3) is 0.350. The van der Waals surface area contributed by atoms with E-state index in [1.807, 2.05) is 23.1 Å². The molecule has 1 unspecified atom stereocenters. The number of carbonyl (C=O) groups is 1. The topological polar surface area (TPSA) is 75.9 Å². The van der Waals surface area contributed by atoms with Gasteiger partial charge in [0, 0.05) is 44.9 Å². The predicted molar refractivity (Wildman–Crippen MR) is 101 cm³/mol. The summed E-state index contributed by atoms with van der Waals surface area (Å²) in [5, 5.41) is 10.7. The van der Waals surface area contributed by atoms with Gasteiger partial charge in [-0.15, -0.1) is 0 Å². The zero-order valence-corrected chi connectivity index (χ0v) is 15.3. The second-order valence-corrected chi connectivity index (χ2v) is 6.60. The first-order chi connectivity index (χ1) is 13.0. The Morgan fingerprint density at radius 2 is 1.70 bits per heavy atom. The van der Waals surface area contributed by atoms with Gasteiger partial charge in [0.15, 0.2) is 6.10 Å². The van der Waals surface area contributed by atoms with Crippen molar-refractivity contribution in [1.82, 2.24) is 9.80 Å². The van der Waals surface area contributed by atoms with Gasteiger partial charge in [0.1, 0.15) is 5.75 Å². The summed E-state index contributed by atoms with van der Waals surface area (Å²) in [4.78, 5) is 27.0. The molecule has 27 heavy (non-hydrogen) atoms. The minimum Gasteiger partial charge on any atom is -0.481 e. The van der Waals surface area contributed by atoms with Crippen LogP contribution in [0.25, 0.3) is 0 Å². The Morgan fingerprint density at radius 3 is 2.30 bits per heavy atom. The molecule has 1 heterocycles. The Labute approximate surface area is 158 Å². The Balaban J connectivity index is 1.48. The summed E-state index contributed by atoms with van der Waals surface area (Å²) in [6.45, 7) is 5.58. The van der Waals surface area contributed by atoms with Gasteiger partial charge in [-0.1, -0.05) is 30.3 Å². The molecule has 0 radical (unpaired) electrons. The van der Waals surface area contributed by atoms with Crippen LogP contribution in [0, 0.1) is 10.1 Å². The van der Waals surface area contributed by atoms with Gasteiger partial charge in [-0.25, -0.2) is 0 Å². The minimum absolute atomic E-state index is 0.00383. The van der Waals surface area contributed by atoms with Crippen molar-refractivity contribution < 1.29 is 14.5 Å². The lowest BCUT2D eigenvalue weighted by atomic mass is 10.2. The van der Waals surface area contributed by atoms with Crippen molar-refractivity contribution in [3.63, 3.8) is 0 Å². The maximum atomic E-state index is 12.6. The van der Waals surface area contributed by atoms with Crippen molar-refractivity contribution in [1.29, 1.82) is 0 Å². The average molecular weight is 369 g/mol. The number of piperazine rings is 1. The highest BCUT2D eigenvalue weighted by molar-refractivity contribution is 5.81. The second kappa shape index (κ2) is 8.64. The Bertz CT molecular complexity index is 772. The van der Waals surface area contributed by atoms with Crippen LogP contribution in [-0.4, -0.2) is 52.9 Å². The third kappa shape index (κ3) is 5.04. The zero-order chi connectivity index (χ0) is 19.2. The van der Waals surface area contributed by atoms with Crippen LogP contribution in [0.3, 0.4) is 0 Å². The molecule has 0 aromatic heterocycles. The lowest BCUT2D eigenvalue weighted by molar-refractivity contribution is -0.384. The summed E-state index contributed by atoms with van der Waals surface area (Å²) in [7, 11) is 0. The summed E-state index contributed by atoms with van der Waals surface area (Å²) in [6.07, 6.45) is -0.632. The number of rotatable bonds is 6. The predicted octanol–water partition coefficient (Wildman–Crippen LogP) is 2.71. The fourth-order valence-electron chi connectivity index (χ4n) is 3.13. The van der Waals surface area contributed by atoms with Crippen LogP contribution in [0.1, 0.15) is 12.5 Å². The molecule has 0 N–H and O–H groups in total. The number of non-ortho nitro benzene ring substituents is 1. The number of amides is 1. The molecule has 1 amide bonds. The van der Waals surface area contributed by atoms with Gasteiger partial charge in [-0.3, -0.25) is 19.8 Å². The molecule has 0 spiro atoms. The van der Waals surface area contributed by atoms with Gasteiger partial charge in [0.2, 0.25) is 0 Å². The quantitative estimate of drug-likeness (QED) is 0.578. The van der Waals surface area contributed by atoms with E-state index in [2.05, 4.69) is 17.0 Å². The van der Waals surface area contributed by atoms with Crippen LogP contribution >= 0.6 is 0 Å². The largest absolute Gasteiger partial charge is 0.481 e. The van der Waals surface area contributed by atoms with E-state index in [0.717, 1.165) is 19.6 Å². The zero-order valence-electron chi connectivity index (χ0n) is 15.3. The maximum Gasteiger partial charge on any atom is 0.269 e. The summed E-state index contributed by atoms with van der Waals surface area (Å²) in [5.74, 6) is 0.386. The molecule has 0 saturated carbocycles. The first kappa shape index (κ1) is 18.8. The molecule has 142 valence electrons. The number of nitro benzene ring substituents is 1. The van der Waals surface area contributed by atoms with Crippen molar-refractivity contribution in [2.45, 2.75) is 19.6 Å². The van der Waals surface area contributed by atoms with E-state index in [-0.39, 0.29) is 11.6 Å². The van der Waals surface area contributed by atoms with E-state index < -0.39 is 11.0 Å². The van der Waals surface area contributed by atoms with Crippen molar-refractivity contribution in [3.05, 3.63) is 70.3 Å². The van der Waals surface area contributed by atoms with Gasteiger partial charge < -0.3 is 9.64 Å². The first-order valence-electron chi connectivity index (χ1n) is 8.99. The lowest BCUT2D eigenvalue weighted by Crippen LogP contribution is -2.51. The van der Waals surface area contributed by atoms with Crippen LogP contribution in [0.4, 0.5) is 5.69 Å². The monoisotopic (exact) mass is 369 g/mol. The highest BCUT2D eigenvalue weighted by Crippen LogP contribution is 2.19. The lowest BCUT2D eigenvalue weighted by Gasteiger charge is -2.35. The van der Waals surface area contributed by atoms with E-state index in [1.165, 1.54) is 29.8 Å². The molecular formula is C20H23N3O4. The van der Waals surface area contributed by atoms with Crippen LogP contribution in [0.15, 0.2) is 54.6 Å². The van der Waals surface area contributed by atoms with Crippen LogP contribution < -0.4 is 4.74 Å². The van der Waals surface area contributed by atoms with E-state index in [1.54, 1.807) is 6.92 Å². The smallest absolute Gasteiger partial charge is 0.269 e. The van der Waals surface area contributed by atoms with Crippen LogP contribution in [0.2, 0.25) is 0 Å². The highest BCUT2D eigenvalue weighted by atomic mass is 16.6. The number of ether oxygens (including phenoxy) is 1. The molecular weight excluding hydrogens is 346 g/mol. The third-order valence-corrected chi connectivity index (χ3v) is 4.64. The van der Waals surface area contributed by atoms with Crippen LogP contribution in [0.5, 0.6) is 5.75 Å². The Hall–Kier alpha value is -2.93. The molecule has 0 bridgehead atoms. The van der Waals surface area contributed by atoms with E-state index in [9.17, 15) is 14.9 Å². The minimum atomic E-state index is -0.632. The Kier molecular flexibility index (Phi) is 6.03. The normalized spacial score (nSPS) is 16.0. The van der Waals surface area contributed by atoms with Crippen LogP contribution in [-0.2, 0) is 11.3 Å². The number of benzene rings is 2. The second-order valence-electron chi connectivity index (χ2n) is 6.60. The highest BCUT2D eigenvalue weighted by Gasteiger charge is 2.26. The van der Waals surface area contributed by atoms with Crippen molar-refractivity contribution in [2.24, 2.45) is 0 Å². The molecule has 2 aromatic carbocycles. The van der Waals surface area contributed by atoms with E-state index in [0.29, 0.717) is 18.8 Å². The molecule has 3 rings (SSSR count).